The van der Waals surface area contributed by atoms with Crippen molar-refractivity contribution in [2.45, 2.75) is 51.5 Å². The number of amides is 2. The lowest BCUT2D eigenvalue weighted by atomic mass is 9.87. The van der Waals surface area contributed by atoms with Gasteiger partial charge < -0.3 is 16.0 Å². The van der Waals surface area contributed by atoms with Gasteiger partial charge >= 0.3 is 0 Å². The SMILES string of the molecule is CC(NC(=O)CC1CCCCC1)C(=O)Nc1ccc(Nc2ccccc2)cc1. The van der Waals surface area contributed by atoms with Gasteiger partial charge in [-0.05, 0) is 62.1 Å². The first-order valence-electron chi connectivity index (χ1n) is 10.1. The zero-order valence-electron chi connectivity index (χ0n) is 16.4. The van der Waals surface area contributed by atoms with E-state index in [0.29, 0.717) is 18.0 Å². The molecule has 0 aromatic heterocycles. The molecule has 28 heavy (non-hydrogen) atoms. The molecule has 2 amide bonds. The summed E-state index contributed by atoms with van der Waals surface area (Å²) in [6, 6.07) is 16.9. The Labute approximate surface area is 166 Å². The Morgan fingerprint density at radius 3 is 2.18 bits per heavy atom. The predicted octanol–water partition coefficient (Wildman–Crippen LogP) is 4.84. The Balaban J connectivity index is 1.46. The highest BCUT2D eigenvalue weighted by Gasteiger charge is 2.20. The van der Waals surface area contributed by atoms with Crippen LogP contribution in [0.5, 0.6) is 0 Å². The van der Waals surface area contributed by atoms with E-state index in [2.05, 4.69) is 16.0 Å². The zero-order chi connectivity index (χ0) is 19.8. The molecule has 5 nitrogen and oxygen atoms in total. The van der Waals surface area contributed by atoms with Gasteiger partial charge in [0.25, 0.3) is 0 Å². The molecule has 148 valence electrons. The summed E-state index contributed by atoms with van der Waals surface area (Å²) in [6.45, 7) is 1.72. The average Bonchev–Trinajstić information content (AvgIpc) is 2.71. The predicted molar refractivity (Wildman–Crippen MR) is 114 cm³/mol. The molecule has 0 aliphatic heterocycles. The maximum absolute atomic E-state index is 12.4. The maximum atomic E-state index is 12.4. The van der Waals surface area contributed by atoms with Crippen molar-refractivity contribution in [1.82, 2.24) is 5.32 Å². The molecule has 0 spiro atoms. The van der Waals surface area contributed by atoms with Crippen LogP contribution in [0.4, 0.5) is 17.1 Å². The third-order valence-electron chi connectivity index (χ3n) is 5.18. The number of hydrogen-bond donors (Lipinski definition) is 3. The van der Waals surface area contributed by atoms with Crippen molar-refractivity contribution in [2.24, 2.45) is 5.92 Å². The van der Waals surface area contributed by atoms with Gasteiger partial charge in [-0.1, -0.05) is 37.5 Å². The number of carbonyl (C=O) groups excluding carboxylic acids is 2. The molecular formula is C23H29N3O2. The van der Waals surface area contributed by atoms with Gasteiger partial charge in [0.05, 0.1) is 0 Å². The van der Waals surface area contributed by atoms with Crippen molar-refractivity contribution < 1.29 is 9.59 Å². The highest BCUT2D eigenvalue weighted by atomic mass is 16.2. The Hall–Kier alpha value is -2.82. The zero-order valence-corrected chi connectivity index (χ0v) is 16.4. The molecule has 1 aliphatic carbocycles. The highest BCUT2D eigenvalue weighted by Crippen LogP contribution is 2.26. The molecule has 2 aromatic carbocycles. The van der Waals surface area contributed by atoms with E-state index in [1.165, 1.54) is 19.3 Å². The van der Waals surface area contributed by atoms with Crippen LogP contribution in [0, 0.1) is 5.92 Å². The van der Waals surface area contributed by atoms with E-state index in [-0.39, 0.29) is 11.8 Å². The van der Waals surface area contributed by atoms with E-state index in [0.717, 1.165) is 24.2 Å². The fourth-order valence-corrected chi connectivity index (χ4v) is 3.59. The fourth-order valence-electron chi connectivity index (χ4n) is 3.59. The number of carbonyl (C=O) groups is 2. The largest absolute Gasteiger partial charge is 0.356 e. The Morgan fingerprint density at radius 1 is 0.893 bits per heavy atom. The Kier molecular flexibility index (Phi) is 7.06. The maximum Gasteiger partial charge on any atom is 0.246 e. The number of rotatable bonds is 7. The second-order valence-corrected chi connectivity index (χ2v) is 7.55. The third kappa shape index (κ3) is 6.12. The summed E-state index contributed by atoms with van der Waals surface area (Å²) in [5.41, 5.74) is 2.66. The first kappa shape index (κ1) is 19.9. The van der Waals surface area contributed by atoms with Gasteiger partial charge in [-0.3, -0.25) is 9.59 Å². The van der Waals surface area contributed by atoms with Gasteiger partial charge in [-0.25, -0.2) is 0 Å². The molecule has 1 aliphatic rings. The lowest BCUT2D eigenvalue weighted by Gasteiger charge is -2.22. The minimum absolute atomic E-state index is 0.0306. The summed E-state index contributed by atoms with van der Waals surface area (Å²) in [6.07, 6.45) is 6.47. The molecule has 1 fully saturated rings. The standard InChI is InChI=1S/C23H29N3O2/c1-17(24-22(27)16-18-8-4-2-5-9-18)23(28)26-21-14-12-20(13-15-21)25-19-10-6-3-7-11-19/h3,6-7,10-15,17-18,25H,2,4-5,8-9,16H2,1H3,(H,24,27)(H,26,28). The Bertz CT molecular complexity index is 768. The van der Waals surface area contributed by atoms with Crippen LogP contribution in [0.25, 0.3) is 0 Å². The van der Waals surface area contributed by atoms with Crippen LogP contribution in [0.15, 0.2) is 54.6 Å². The first-order valence-corrected chi connectivity index (χ1v) is 10.1. The van der Waals surface area contributed by atoms with Crippen molar-refractivity contribution in [3.8, 4) is 0 Å². The molecule has 1 atom stereocenters. The second kappa shape index (κ2) is 9.93. The molecule has 1 unspecified atom stereocenters. The van der Waals surface area contributed by atoms with Gasteiger partial charge in [0.2, 0.25) is 11.8 Å². The normalized spacial score (nSPS) is 15.5. The van der Waals surface area contributed by atoms with Gasteiger partial charge in [-0.2, -0.15) is 0 Å². The summed E-state index contributed by atoms with van der Waals surface area (Å²) >= 11 is 0. The number of hydrogen-bond acceptors (Lipinski definition) is 3. The van der Waals surface area contributed by atoms with Gasteiger partial charge in [0.1, 0.15) is 6.04 Å². The lowest BCUT2D eigenvalue weighted by Crippen LogP contribution is -2.42. The number of anilines is 3. The highest BCUT2D eigenvalue weighted by molar-refractivity contribution is 5.97. The van der Waals surface area contributed by atoms with Crippen LogP contribution >= 0.6 is 0 Å². The van der Waals surface area contributed by atoms with Crippen LogP contribution in [0.3, 0.4) is 0 Å². The topological polar surface area (TPSA) is 70.2 Å². The van der Waals surface area contributed by atoms with E-state index in [1.54, 1.807) is 6.92 Å². The van der Waals surface area contributed by atoms with Crippen molar-refractivity contribution in [1.29, 1.82) is 0 Å². The van der Waals surface area contributed by atoms with E-state index in [4.69, 9.17) is 0 Å². The van der Waals surface area contributed by atoms with Gasteiger partial charge in [-0.15, -0.1) is 0 Å². The molecule has 1 saturated carbocycles. The van der Waals surface area contributed by atoms with E-state index in [1.807, 2.05) is 54.6 Å². The van der Waals surface area contributed by atoms with E-state index >= 15 is 0 Å². The molecule has 0 radical (unpaired) electrons. The molecule has 5 heteroatoms. The second-order valence-electron chi connectivity index (χ2n) is 7.55. The number of para-hydroxylation sites is 1. The smallest absolute Gasteiger partial charge is 0.246 e. The minimum Gasteiger partial charge on any atom is -0.356 e. The number of benzene rings is 2. The van der Waals surface area contributed by atoms with Gasteiger partial charge in [0.15, 0.2) is 0 Å². The molecule has 3 N–H and O–H groups in total. The van der Waals surface area contributed by atoms with Crippen LogP contribution < -0.4 is 16.0 Å². The average molecular weight is 380 g/mol. The third-order valence-corrected chi connectivity index (χ3v) is 5.18. The van der Waals surface area contributed by atoms with Gasteiger partial charge in [0, 0.05) is 23.5 Å². The summed E-state index contributed by atoms with van der Waals surface area (Å²) in [5, 5.41) is 8.99. The molecule has 0 saturated heterocycles. The van der Waals surface area contributed by atoms with Crippen molar-refractivity contribution in [3.63, 3.8) is 0 Å². The molecule has 0 heterocycles. The lowest BCUT2D eigenvalue weighted by molar-refractivity contribution is -0.126. The monoisotopic (exact) mass is 379 g/mol. The van der Waals surface area contributed by atoms with Crippen LogP contribution in [-0.2, 0) is 9.59 Å². The summed E-state index contributed by atoms with van der Waals surface area (Å²) < 4.78 is 0. The first-order chi connectivity index (χ1) is 13.6. The summed E-state index contributed by atoms with van der Waals surface area (Å²) in [5.74, 6) is 0.228. The summed E-state index contributed by atoms with van der Waals surface area (Å²) in [4.78, 5) is 24.6. The molecule has 3 rings (SSSR count). The van der Waals surface area contributed by atoms with E-state index in [9.17, 15) is 9.59 Å². The van der Waals surface area contributed by atoms with Crippen molar-refractivity contribution in [2.75, 3.05) is 10.6 Å². The Morgan fingerprint density at radius 2 is 1.50 bits per heavy atom. The van der Waals surface area contributed by atoms with Crippen molar-refractivity contribution in [3.05, 3.63) is 54.6 Å². The molecule has 2 aromatic rings. The quantitative estimate of drug-likeness (QED) is 0.644. The van der Waals surface area contributed by atoms with Crippen LogP contribution in [0.1, 0.15) is 45.4 Å². The van der Waals surface area contributed by atoms with Crippen molar-refractivity contribution >= 4 is 28.9 Å². The minimum atomic E-state index is -0.557. The van der Waals surface area contributed by atoms with Crippen LogP contribution in [0.2, 0.25) is 0 Å². The molecular weight excluding hydrogens is 350 g/mol. The summed E-state index contributed by atoms with van der Waals surface area (Å²) in [7, 11) is 0. The van der Waals surface area contributed by atoms with Crippen LogP contribution in [-0.4, -0.2) is 17.9 Å². The fraction of sp³-hybridized carbons (Fsp3) is 0.391. The number of nitrogens with one attached hydrogen (secondary N) is 3. The molecule has 0 bridgehead atoms. The van der Waals surface area contributed by atoms with E-state index < -0.39 is 6.04 Å².